The molecule has 2 fully saturated rings. The van der Waals surface area contributed by atoms with Crippen molar-refractivity contribution in [2.75, 3.05) is 26.2 Å². The molecule has 2 rings (SSSR count). The fraction of sp³-hybridized carbons (Fsp3) is 0.929. The Bertz CT molecular complexity index is 330. The number of nitrogens with one attached hydrogen (secondary N) is 1. The zero-order chi connectivity index (χ0) is 14.1. The number of ether oxygens (including phenoxy) is 2. The predicted octanol–water partition coefficient (Wildman–Crippen LogP) is 1.76. The highest BCUT2D eigenvalue weighted by Crippen LogP contribution is 2.28. The second kappa shape index (κ2) is 5.29. The van der Waals surface area contributed by atoms with Crippen molar-refractivity contribution in [3.63, 3.8) is 0 Å². The van der Waals surface area contributed by atoms with Crippen molar-refractivity contribution in [3.8, 4) is 0 Å². The molecule has 110 valence electrons. The number of rotatable bonds is 0. The Morgan fingerprint density at radius 1 is 1.47 bits per heavy atom. The van der Waals surface area contributed by atoms with E-state index in [1.165, 1.54) is 0 Å². The summed E-state index contributed by atoms with van der Waals surface area (Å²) in [5.41, 5.74) is -0.663. The van der Waals surface area contributed by atoms with Crippen LogP contribution in [0, 0.1) is 0 Å². The highest BCUT2D eigenvalue weighted by Gasteiger charge is 2.41. The van der Waals surface area contributed by atoms with E-state index < -0.39 is 5.60 Å². The van der Waals surface area contributed by atoms with E-state index in [9.17, 15) is 4.79 Å². The van der Waals surface area contributed by atoms with Gasteiger partial charge >= 0.3 is 6.09 Å². The van der Waals surface area contributed by atoms with E-state index in [4.69, 9.17) is 9.47 Å². The molecule has 2 atom stereocenters. The SMILES string of the molecule is CC1COC2(CCCN(C(=O)OC(C)(C)C)C2)CN1. The first-order chi connectivity index (χ1) is 8.80. The topological polar surface area (TPSA) is 50.8 Å². The van der Waals surface area contributed by atoms with Gasteiger partial charge in [0.15, 0.2) is 0 Å². The van der Waals surface area contributed by atoms with Gasteiger partial charge in [-0.15, -0.1) is 0 Å². The Hall–Kier alpha value is -0.810. The molecular weight excluding hydrogens is 244 g/mol. The molecule has 0 aromatic heterocycles. The van der Waals surface area contributed by atoms with Gasteiger partial charge in [0.25, 0.3) is 0 Å². The lowest BCUT2D eigenvalue weighted by Gasteiger charge is -2.46. The molecule has 5 nitrogen and oxygen atoms in total. The van der Waals surface area contributed by atoms with Gasteiger partial charge < -0.3 is 19.7 Å². The number of likely N-dealkylation sites (tertiary alicyclic amines) is 1. The van der Waals surface area contributed by atoms with Crippen LogP contribution in [0.3, 0.4) is 0 Å². The fourth-order valence-electron chi connectivity index (χ4n) is 2.61. The molecule has 0 saturated carbocycles. The summed E-state index contributed by atoms with van der Waals surface area (Å²) < 4.78 is 11.5. The van der Waals surface area contributed by atoms with Crippen LogP contribution in [0.25, 0.3) is 0 Å². The number of morpholine rings is 1. The highest BCUT2D eigenvalue weighted by molar-refractivity contribution is 5.68. The first-order valence-corrected chi connectivity index (χ1v) is 7.15. The third-order valence-electron chi connectivity index (χ3n) is 3.60. The molecule has 1 amide bonds. The first-order valence-electron chi connectivity index (χ1n) is 7.15. The molecule has 0 aromatic rings. The lowest BCUT2D eigenvalue weighted by atomic mass is 9.91. The van der Waals surface area contributed by atoms with Gasteiger partial charge in [0.2, 0.25) is 0 Å². The quantitative estimate of drug-likeness (QED) is 0.729. The Labute approximate surface area is 115 Å². The Morgan fingerprint density at radius 3 is 2.79 bits per heavy atom. The zero-order valence-electron chi connectivity index (χ0n) is 12.5. The van der Waals surface area contributed by atoms with Gasteiger partial charge in [0.05, 0.1) is 18.8 Å². The second-order valence-corrected chi connectivity index (χ2v) is 6.78. The number of piperidine rings is 1. The summed E-state index contributed by atoms with van der Waals surface area (Å²) in [5.74, 6) is 0. The van der Waals surface area contributed by atoms with Gasteiger partial charge in [-0.25, -0.2) is 4.79 Å². The lowest BCUT2D eigenvalue weighted by Crippen LogP contribution is -2.61. The van der Waals surface area contributed by atoms with Crippen LogP contribution >= 0.6 is 0 Å². The second-order valence-electron chi connectivity index (χ2n) is 6.78. The predicted molar refractivity (Wildman–Crippen MR) is 73.2 cm³/mol. The number of amides is 1. The van der Waals surface area contributed by atoms with Crippen LogP contribution in [-0.2, 0) is 9.47 Å². The molecule has 1 N–H and O–H groups in total. The summed E-state index contributed by atoms with van der Waals surface area (Å²) in [6.07, 6.45) is 1.75. The minimum absolute atomic E-state index is 0.221. The van der Waals surface area contributed by atoms with Gasteiger partial charge in [-0.1, -0.05) is 0 Å². The Morgan fingerprint density at radius 2 is 2.21 bits per heavy atom. The van der Waals surface area contributed by atoms with Crippen molar-refractivity contribution in [2.45, 2.75) is 57.8 Å². The standard InChI is InChI=1S/C14H26N2O3/c1-11-8-18-14(9-15-11)6-5-7-16(10-14)12(17)19-13(2,3)4/h11,15H,5-10H2,1-4H3. The molecule has 2 aliphatic heterocycles. The minimum Gasteiger partial charge on any atom is -0.444 e. The summed E-state index contributed by atoms with van der Waals surface area (Å²) in [7, 11) is 0. The molecule has 19 heavy (non-hydrogen) atoms. The van der Waals surface area contributed by atoms with Crippen molar-refractivity contribution in [2.24, 2.45) is 0 Å². The van der Waals surface area contributed by atoms with Crippen molar-refractivity contribution in [3.05, 3.63) is 0 Å². The van der Waals surface area contributed by atoms with Crippen molar-refractivity contribution >= 4 is 6.09 Å². The number of hydrogen-bond acceptors (Lipinski definition) is 4. The fourth-order valence-corrected chi connectivity index (χ4v) is 2.61. The van der Waals surface area contributed by atoms with Crippen LogP contribution in [0.5, 0.6) is 0 Å². The van der Waals surface area contributed by atoms with Crippen LogP contribution in [0.1, 0.15) is 40.5 Å². The number of nitrogens with zero attached hydrogens (tertiary/aromatic N) is 1. The molecule has 0 radical (unpaired) electrons. The van der Waals surface area contributed by atoms with Crippen molar-refractivity contribution in [1.82, 2.24) is 10.2 Å². The summed E-state index contributed by atoms with van der Waals surface area (Å²) >= 11 is 0. The van der Waals surface area contributed by atoms with Gasteiger partial charge in [-0.05, 0) is 40.5 Å². The van der Waals surface area contributed by atoms with E-state index in [1.54, 1.807) is 4.90 Å². The summed E-state index contributed by atoms with van der Waals surface area (Å²) in [6.45, 7) is 10.7. The van der Waals surface area contributed by atoms with Gasteiger partial charge in [0, 0.05) is 19.1 Å². The van der Waals surface area contributed by atoms with E-state index in [-0.39, 0.29) is 11.7 Å². The van der Waals surface area contributed by atoms with E-state index in [1.807, 2.05) is 20.8 Å². The molecule has 2 unspecified atom stereocenters. The van der Waals surface area contributed by atoms with Crippen LogP contribution in [0.4, 0.5) is 4.79 Å². The normalized spacial score (nSPS) is 32.4. The molecule has 2 saturated heterocycles. The van der Waals surface area contributed by atoms with Gasteiger partial charge in [0.1, 0.15) is 5.60 Å². The van der Waals surface area contributed by atoms with E-state index >= 15 is 0 Å². The molecule has 0 aromatic carbocycles. The molecule has 0 bridgehead atoms. The number of carbonyl (C=O) groups is 1. The van der Waals surface area contributed by atoms with E-state index in [2.05, 4.69) is 12.2 Å². The average Bonchev–Trinajstić information content (AvgIpc) is 2.32. The highest BCUT2D eigenvalue weighted by atomic mass is 16.6. The molecule has 1 spiro atoms. The molecule has 2 aliphatic rings. The van der Waals surface area contributed by atoms with Gasteiger partial charge in [-0.3, -0.25) is 0 Å². The zero-order valence-corrected chi connectivity index (χ0v) is 12.5. The molecule has 2 heterocycles. The maximum atomic E-state index is 12.1. The molecular formula is C14H26N2O3. The van der Waals surface area contributed by atoms with Crippen LogP contribution in [0.15, 0.2) is 0 Å². The maximum Gasteiger partial charge on any atom is 0.410 e. The average molecular weight is 270 g/mol. The summed E-state index contributed by atoms with van der Waals surface area (Å²) in [5, 5.41) is 3.45. The van der Waals surface area contributed by atoms with Crippen LogP contribution in [-0.4, -0.2) is 54.5 Å². The lowest BCUT2D eigenvalue weighted by molar-refractivity contribution is -0.116. The first kappa shape index (κ1) is 14.6. The summed E-state index contributed by atoms with van der Waals surface area (Å²) in [4.78, 5) is 13.9. The summed E-state index contributed by atoms with van der Waals surface area (Å²) in [6, 6.07) is 0.391. The van der Waals surface area contributed by atoms with E-state index in [0.717, 1.165) is 25.9 Å². The maximum absolute atomic E-state index is 12.1. The van der Waals surface area contributed by atoms with Crippen molar-refractivity contribution in [1.29, 1.82) is 0 Å². The van der Waals surface area contributed by atoms with Crippen LogP contribution in [0.2, 0.25) is 0 Å². The van der Waals surface area contributed by atoms with E-state index in [0.29, 0.717) is 19.2 Å². The van der Waals surface area contributed by atoms with Crippen LogP contribution < -0.4 is 5.32 Å². The smallest absolute Gasteiger partial charge is 0.410 e. The van der Waals surface area contributed by atoms with Gasteiger partial charge in [-0.2, -0.15) is 0 Å². The number of carbonyl (C=O) groups excluding carboxylic acids is 1. The third-order valence-corrected chi connectivity index (χ3v) is 3.60. The number of hydrogen-bond donors (Lipinski definition) is 1. The monoisotopic (exact) mass is 270 g/mol. The largest absolute Gasteiger partial charge is 0.444 e. The Kier molecular flexibility index (Phi) is 4.06. The third kappa shape index (κ3) is 3.83. The minimum atomic E-state index is -0.443. The van der Waals surface area contributed by atoms with Crippen molar-refractivity contribution < 1.29 is 14.3 Å². The molecule has 5 heteroatoms. The Balaban J connectivity index is 1.95. The molecule has 0 aliphatic carbocycles.